The van der Waals surface area contributed by atoms with E-state index in [1.54, 1.807) is 24.3 Å². The lowest BCUT2D eigenvalue weighted by atomic mass is 10.1. The van der Waals surface area contributed by atoms with E-state index < -0.39 is 11.7 Å². The Bertz CT molecular complexity index is 1200. The first kappa shape index (κ1) is 18.3. The number of amides is 1. The Hall–Kier alpha value is -3.74. The number of aryl methyl sites for hydroxylation is 2. The Morgan fingerprint density at radius 1 is 1.10 bits per heavy atom. The molecule has 7 heteroatoms. The Morgan fingerprint density at radius 3 is 2.87 bits per heavy atom. The van der Waals surface area contributed by atoms with Crippen LogP contribution in [0.5, 0.6) is 0 Å². The molecule has 0 saturated carbocycles. The van der Waals surface area contributed by atoms with Gasteiger partial charge in [0.1, 0.15) is 11.6 Å². The zero-order chi connectivity index (χ0) is 20.5. The molecule has 1 amide bonds. The van der Waals surface area contributed by atoms with Crippen LogP contribution in [0, 0.1) is 5.82 Å². The highest BCUT2D eigenvalue weighted by Crippen LogP contribution is 2.26. The van der Waals surface area contributed by atoms with Gasteiger partial charge in [0.15, 0.2) is 11.5 Å². The van der Waals surface area contributed by atoms with Crippen molar-refractivity contribution in [1.82, 2.24) is 14.7 Å². The topological polar surface area (TPSA) is 73.0 Å². The van der Waals surface area contributed by atoms with Crippen LogP contribution < -0.4 is 5.32 Å². The predicted molar refractivity (Wildman–Crippen MR) is 110 cm³/mol. The van der Waals surface area contributed by atoms with Crippen LogP contribution in [-0.4, -0.2) is 20.6 Å². The molecule has 0 atom stereocenters. The average molecular weight is 402 g/mol. The summed E-state index contributed by atoms with van der Waals surface area (Å²) >= 11 is 0. The van der Waals surface area contributed by atoms with Crippen molar-refractivity contribution in [2.24, 2.45) is 0 Å². The zero-order valence-corrected chi connectivity index (χ0v) is 16.1. The van der Waals surface area contributed by atoms with E-state index in [1.807, 2.05) is 18.2 Å². The SMILES string of the molecule is O=C(Nc1cccc(-c2cn3c(n2)CCCC3)c1)c1cc(-c2ccccc2F)on1. The molecule has 0 bridgehead atoms. The van der Waals surface area contributed by atoms with E-state index in [-0.39, 0.29) is 17.0 Å². The molecule has 0 spiro atoms. The number of hydrogen-bond donors (Lipinski definition) is 1. The number of halogens is 1. The average Bonchev–Trinajstić information content (AvgIpc) is 3.42. The molecule has 1 aliphatic heterocycles. The lowest BCUT2D eigenvalue weighted by molar-refractivity contribution is 0.101. The molecule has 5 rings (SSSR count). The normalized spacial score (nSPS) is 13.1. The first-order valence-corrected chi connectivity index (χ1v) is 9.87. The fourth-order valence-corrected chi connectivity index (χ4v) is 3.67. The smallest absolute Gasteiger partial charge is 0.277 e. The number of benzene rings is 2. The monoisotopic (exact) mass is 402 g/mol. The molecule has 150 valence electrons. The molecule has 0 aliphatic carbocycles. The van der Waals surface area contributed by atoms with Crippen molar-refractivity contribution < 1.29 is 13.7 Å². The highest BCUT2D eigenvalue weighted by atomic mass is 19.1. The number of carbonyl (C=O) groups is 1. The summed E-state index contributed by atoms with van der Waals surface area (Å²) in [6.07, 6.45) is 5.39. The van der Waals surface area contributed by atoms with Gasteiger partial charge in [-0.15, -0.1) is 0 Å². The highest BCUT2D eigenvalue weighted by Gasteiger charge is 2.17. The van der Waals surface area contributed by atoms with E-state index >= 15 is 0 Å². The molecule has 2 aromatic carbocycles. The maximum atomic E-state index is 13.9. The lowest BCUT2D eigenvalue weighted by Gasteiger charge is -2.11. The van der Waals surface area contributed by atoms with Gasteiger partial charge in [-0.2, -0.15) is 0 Å². The summed E-state index contributed by atoms with van der Waals surface area (Å²) in [6.45, 7) is 0.995. The molecular formula is C23H19FN4O2. The summed E-state index contributed by atoms with van der Waals surface area (Å²) in [5.74, 6) is 0.447. The summed E-state index contributed by atoms with van der Waals surface area (Å²) in [6, 6.07) is 15.1. The number of imidazole rings is 1. The van der Waals surface area contributed by atoms with E-state index in [9.17, 15) is 9.18 Å². The zero-order valence-electron chi connectivity index (χ0n) is 16.1. The van der Waals surface area contributed by atoms with Crippen LogP contribution in [0.15, 0.2) is 65.3 Å². The maximum absolute atomic E-state index is 13.9. The van der Waals surface area contributed by atoms with Gasteiger partial charge in [0.2, 0.25) is 0 Å². The third kappa shape index (κ3) is 3.50. The quantitative estimate of drug-likeness (QED) is 0.525. The molecule has 0 fully saturated rings. The minimum atomic E-state index is -0.434. The van der Waals surface area contributed by atoms with Gasteiger partial charge < -0.3 is 14.4 Å². The molecule has 1 aliphatic rings. The van der Waals surface area contributed by atoms with Gasteiger partial charge >= 0.3 is 0 Å². The first-order chi connectivity index (χ1) is 14.7. The van der Waals surface area contributed by atoms with Crippen LogP contribution in [0.25, 0.3) is 22.6 Å². The van der Waals surface area contributed by atoms with Crippen LogP contribution in [0.3, 0.4) is 0 Å². The van der Waals surface area contributed by atoms with E-state index in [1.165, 1.54) is 25.0 Å². The van der Waals surface area contributed by atoms with Crippen molar-refractivity contribution in [3.05, 3.63) is 78.1 Å². The number of aromatic nitrogens is 3. The summed E-state index contributed by atoms with van der Waals surface area (Å²) in [5, 5.41) is 6.60. The van der Waals surface area contributed by atoms with Gasteiger partial charge in [0.05, 0.1) is 11.3 Å². The maximum Gasteiger partial charge on any atom is 0.277 e. The fraction of sp³-hybridized carbons (Fsp3) is 0.174. The van der Waals surface area contributed by atoms with Crippen molar-refractivity contribution in [2.75, 3.05) is 5.32 Å². The number of rotatable bonds is 4. The third-order valence-corrected chi connectivity index (χ3v) is 5.21. The first-order valence-electron chi connectivity index (χ1n) is 9.87. The van der Waals surface area contributed by atoms with Crippen LogP contribution in [0.2, 0.25) is 0 Å². The molecule has 30 heavy (non-hydrogen) atoms. The van der Waals surface area contributed by atoms with Crippen molar-refractivity contribution in [3.63, 3.8) is 0 Å². The van der Waals surface area contributed by atoms with E-state index in [2.05, 4.69) is 21.2 Å². The summed E-state index contributed by atoms with van der Waals surface area (Å²) in [4.78, 5) is 17.3. The molecule has 3 heterocycles. The lowest BCUT2D eigenvalue weighted by Crippen LogP contribution is -2.12. The van der Waals surface area contributed by atoms with E-state index in [0.717, 1.165) is 30.0 Å². The molecule has 1 N–H and O–H groups in total. The second-order valence-corrected chi connectivity index (χ2v) is 7.28. The minimum Gasteiger partial charge on any atom is -0.355 e. The van der Waals surface area contributed by atoms with Gasteiger partial charge in [0.25, 0.3) is 5.91 Å². The van der Waals surface area contributed by atoms with Gasteiger partial charge in [-0.1, -0.05) is 29.4 Å². The number of nitrogens with zero attached hydrogens (tertiary/aromatic N) is 3. The van der Waals surface area contributed by atoms with Gasteiger partial charge in [0, 0.05) is 36.5 Å². The molecule has 2 aromatic heterocycles. The summed E-state index contributed by atoms with van der Waals surface area (Å²) in [7, 11) is 0. The van der Waals surface area contributed by atoms with E-state index in [0.29, 0.717) is 5.69 Å². The second-order valence-electron chi connectivity index (χ2n) is 7.28. The Labute approximate surface area is 172 Å². The highest BCUT2D eigenvalue weighted by molar-refractivity contribution is 6.03. The number of nitrogens with one attached hydrogen (secondary N) is 1. The van der Waals surface area contributed by atoms with E-state index in [4.69, 9.17) is 9.51 Å². The molecule has 6 nitrogen and oxygen atoms in total. The Balaban J connectivity index is 1.35. The van der Waals surface area contributed by atoms with Gasteiger partial charge in [-0.25, -0.2) is 9.37 Å². The number of hydrogen-bond acceptors (Lipinski definition) is 4. The minimum absolute atomic E-state index is 0.0797. The van der Waals surface area contributed by atoms with Crippen molar-refractivity contribution in [2.45, 2.75) is 25.8 Å². The fourth-order valence-electron chi connectivity index (χ4n) is 3.67. The predicted octanol–water partition coefficient (Wildman–Crippen LogP) is 4.93. The Kier molecular flexibility index (Phi) is 4.63. The van der Waals surface area contributed by atoms with Crippen LogP contribution >= 0.6 is 0 Å². The van der Waals surface area contributed by atoms with Crippen LogP contribution in [0.4, 0.5) is 10.1 Å². The van der Waals surface area contributed by atoms with Gasteiger partial charge in [-0.05, 0) is 37.1 Å². The summed E-state index contributed by atoms with van der Waals surface area (Å²) < 4.78 is 21.3. The van der Waals surface area contributed by atoms with Gasteiger partial charge in [-0.3, -0.25) is 4.79 Å². The molecule has 0 unspecified atom stereocenters. The standard InChI is InChI=1S/C23H19FN4O2/c24-18-9-2-1-8-17(18)21-13-19(27-30-21)23(29)25-16-7-5-6-15(12-16)20-14-28-11-4-3-10-22(28)26-20/h1-2,5-9,12-14H,3-4,10-11H2,(H,25,29). The number of fused-ring (bicyclic) bond motifs is 1. The van der Waals surface area contributed by atoms with Crippen molar-refractivity contribution in [3.8, 4) is 22.6 Å². The van der Waals surface area contributed by atoms with Crippen molar-refractivity contribution >= 4 is 11.6 Å². The molecule has 4 aromatic rings. The van der Waals surface area contributed by atoms with Crippen LogP contribution in [-0.2, 0) is 13.0 Å². The largest absolute Gasteiger partial charge is 0.355 e. The number of anilines is 1. The summed E-state index contributed by atoms with van der Waals surface area (Å²) in [5.41, 5.74) is 2.79. The molecule has 0 radical (unpaired) electrons. The molecular weight excluding hydrogens is 383 g/mol. The number of carbonyl (C=O) groups excluding carboxylic acids is 1. The second kappa shape index (κ2) is 7.59. The Morgan fingerprint density at radius 2 is 2.00 bits per heavy atom. The van der Waals surface area contributed by atoms with Crippen molar-refractivity contribution in [1.29, 1.82) is 0 Å². The van der Waals surface area contributed by atoms with Crippen LogP contribution in [0.1, 0.15) is 29.2 Å². The molecule has 0 saturated heterocycles. The third-order valence-electron chi connectivity index (χ3n) is 5.21.